The molecule has 3 N–H and O–H groups in total. The van der Waals surface area contributed by atoms with Crippen molar-refractivity contribution in [3.63, 3.8) is 0 Å². The molecule has 1 heterocycles. The summed E-state index contributed by atoms with van der Waals surface area (Å²) in [6, 6.07) is 10.0. The molecule has 2 amide bonds. The smallest absolute Gasteiger partial charge is 0.276 e. The zero-order valence-electron chi connectivity index (χ0n) is 12.7. The van der Waals surface area contributed by atoms with E-state index in [1.807, 2.05) is 0 Å². The van der Waals surface area contributed by atoms with E-state index >= 15 is 0 Å². The number of nitrogens with one attached hydrogen (secondary N) is 3. The van der Waals surface area contributed by atoms with Crippen LogP contribution in [0.1, 0.15) is 17.4 Å². The third-order valence-electron chi connectivity index (χ3n) is 2.79. The van der Waals surface area contributed by atoms with Gasteiger partial charge in [0.2, 0.25) is 5.91 Å². The molecule has 0 bridgehead atoms. The summed E-state index contributed by atoms with van der Waals surface area (Å²) in [6.07, 6.45) is 1.70. The lowest BCUT2D eigenvalue weighted by molar-refractivity contribution is -0.114. The topological polar surface area (TPSA) is 96.0 Å². The molecule has 0 spiro atoms. The molecular formula is C16H17N5O2. The predicted octanol–water partition coefficient (Wildman–Crippen LogP) is 2.29. The average Bonchev–Trinajstić information content (AvgIpc) is 2.54. The Bertz CT molecular complexity index is 695. The normalized spacial score (nSPS) is 9.78. The molecule has 0 atom stereocenters. The summed E-state index contributed by atoms with van der Waals surface area (Å²) >= 11 is 0. The molecule has 0 fully saturated rings. The van der Waals surface area contributed by atoms with Crippen molar-refractivity contribution >= 4 is 29.0 Å². The largest absolute Gasteiger partial charge is 0.365 e. The lowest BCUT2D eigenvalue weighted by Crippen LogP contribution is -2.15. The van der Waals surface area contributed by atoms with Crippen LogP contribution in [-0.4, -0.2) is 28.6 Å². The van der Waals surface area contributed by atoms with Crippen molar-refractivity contribution in [1.29, 1.82) is 0 Å². The minimum Gasteiger partial charge on any atom is -0.365 e. The molecule has 2 aromatic rings. The van der Waals surface area contributed by atoms with E-state index in [2.05, 4.69) is 32.7 Å². The minimum atomic E-state index is -0.361. The van der Waals surface area contributed by atoms with Gasteiger partial charge in [0.1, 0.15) is 5.82 Å². The molecule has 118 valence electrons. The van der Waals surface area contributed by atoms with Crippen LogP contribution in [0.15, 0.2) is 49.1 Å². The maximum atomic E-state index is 12.1. The second-order valence-corrected chi connectivity index (χ2v) is 4.69. The quantitative estimate of drug-likeness (QED) is 0.711. The Morgan fingerprint density at radius 2 is 1.70 bits per heavy atom. The van der Waals surface area contributed by atoms with E-state index in [4.69, 9.17) is 0 Å². The Labute approximate surface area is 133 Å². The molecule has 0 unspecified atom stereocenters. The molecule has 2 rings (SSSR count). The van der Waals surface area contributed by atoms with Gasteiger partial charge in [-0.15, -0.1) is 16.8 Å². The number of carbonyl (C=O) groups is 2. The monoisotopic (exact) mass is 311 g/mol. The first-order valence-electron chi connectivity index (χ1n) is 6.96. The van der Waals surface area contributed by atoms with Gasteiger partial charge in [0.05, 0.1) is 0 Å². The van der Waals surface area contributed by atoms with E-state index in [0.29, 0.717) is 23.7 Å². The molecular weight excluding hydrogens is 294 g/mol. The van der Waals surface area contributed by atoms with Crippen molar-refractivity contribution in [3.05, 3.63) is 54.7 Å². The molecule has 7 heteroatoms. The standard InChI is InChI=1S/C16H17N5O2/c1-3-10-17-15-9-8-14(20-21-15)16(23)19-13-6-4-12(5-7-13)18-11(2)22/h3-9H,1,10H2,2H3,(H,17,21)(H,18,22)(H,19,23). The fraction of sp³-hybridized carbons (Fsp3) is 0.125. The van der Waals surface area contributed by atoms with Crippen molar-refractivity contribution in [2.45, 2.75) is 6.92 Å². The minimum absolute atomic E-state index is 0.151. The Kier molecular flexibility index (Phi) is 5.40. The molecule has 0 aliphatic heterocycles. The van der Waals surface area contributed by atoms with Crippen LogP contribution >= 0.6 is 0 Å². The van der Waals surface area contributed by atoms with E-state index in [9.17, 15) is 9.59 Å². The van der Waals surface area contributed by atoms with Gasteiger partial charge in [-0.1, -0.05) is 6.08 Å². The Morgan fingerprint density at radius 3 is 2.22 bits per heavy atom. The highest BCUT2D eigenvalue weighted by Crippen LogP contribution is 2.14. The first-order chi connectivity index (χ1) is 11.1. The van der Waals surface area contributed by atoms with Gasteiger partial charge < -0.3 is 16.0 Å². The predicted molar refractivity (Wildman–Crippen MR) is 89.4 cm³/mol. The second-order valence-electron chi connectivity index (χ2n) is 4.69. The second kappa shape index (κ2) is 7.69. The number of nitrogens with zero attached hydrogens (tertiary/aromatic N) is 2. The molecule has 0 radical (unpaired) electrons. The van der Waals surface area contributed by atoms with E-state index < -0.39 is 0 Å². The molecule has 0 saturated carbocycles. The first kappa shape index (κ1) is 16.2. The zero-order valence-corrected chi connectivity index (χ0v) is 12.7. The summed E-state index contributed by atoms with van der Waals surface area (Å²) in [5, 5.41) is 16.1. The molecule has 0 aliphatic carbocycles. The first-order valence-corrected chi connectivity index (χ1v) is 6.96. The van der Waals surface area contributed by atoms with Crippen LogP contribution in [0.5, 0.6) is 0 Å². The van der Waals surface area contributed by atoms with Gasteiger partial charge in [-0.2, -0.15) is 0 Å². The van der Waals surface area contributed by atoms with Crippen molar-refractivity contribution in [3.8, 4) is 0 Å². The van der Waals surface area contributed by atoms with Crippen LogP contribution in [0, 0.1) is 0 Å². The van der Waals surface area contributed by atoms with Gasteiger partial charge in [-0.25, -0.2) is 0 Å². The van der Waals surface area contributed by atoms with E-state index in [1.54, 1.807) is 42.5 Å². The highest BCUT2D eigenvalue weighted by Gasteiger charge is 2.08. The maximum absolute atomic E-state index is 12.1. The molecule has 1 aromatic carbocycles. The van der Waals surface area contributed by atoms with Crippen LogP contribution in [0.25, 0.3) is 0 Å². The average molecular weight is 311 g/mol. The summed E-state index contributed by atoms with van der Waals surface area (Å²) in [5.41, 5.74) is 1.47. The number of benzene rings is 1. The Morgan fingerprint density at radius 1 is 1.04 bits per heavy atom. The van der Waals surface area contributed by atoms with Gasteiger partial charge in [0.25, 0.3) is 5.91 Å². The lowest BCUT2D eigenvalue weighted by Gasteiger charge is -2.07. The van der Waals surface area contributed by atoms with Crippen LogP contribution in [0.3, 0.4) is 0 Å². The summed E-state index contributed by atoms with van der Waals surface area (Å²) in [4.78, 5) is 23.0. The van der Waals surface area contributed by atoms with Crippen LogP contribution < -0.4 is 16.0 Å². The number of hydrogen-bond acceptors (Lipinski definition) is 5. The molecule has 23 heavy (non-hydrogen) atoms. The van der Waals surface area contributed by atoms with Gasteiger partial charge >= 0.3 is 0 Å². The van der Waals surface area contributed by atoms with Gasteiger partial charge in [0, 0.05) is 24.8 Å². The fourth-order valence-electron chi connectivity index (χ4n) is 1.76. The highest BCUT2D eigenvalue weighted by molar-refractivity contribution is 6.03. The van der Waals surface area contributed by atoms with Crippen molar-refractivity contribution in [1.82, 2.24) is 10.2 Å². The van der Waals surface area contributed by atoms with Gasteiger partial charge in [-0.3, -0.25) is 9.59 Å². The van der Waals surface area contributed by atoms with E-state index in [1.165, 1.54) is 6.92 Å². The van der Waals surface area contributed by atoms with Crippen molar-refractivity contribution in [2.24, 2.45) is 0 Å². The SMILES string of the molecule is C=CCNc1ccc(C(=O)Nc2ccc(NC(C)=O)cc2)nn1. The lowest BCUT2D eigenvalue weighted by atomic mass is 10.2. The maximum Gasteiger partial charge on any atom is 0.276 e. The van der Waals surface area contributed by atoms with Crippen LogP contribution in [0.4, 0.5) is 17.2 Å². The summed E-state index contributed by atoms with van der Waals surface area (Å²) in [5.74, 6) is 0.0587. The fourth-order valence-corrected chi connectivity index (χ4v) is 1.76. The number of rotatable bonds is 6. The number of amides is 2. The van der Waals surface area contributed by atoms with E-state index in [-0.39, 0.29) is 17.5 Å². The van der Waals surface area contributed by atoms with Crippen molar-refractivity contribution in [2.75, 3.05) is 22.5 Å². The van der Waals surface area contributed by atoms with Gasteiger partial charge in [-0.05, 0) is 36.4 Å². The molecule has 7 nitrogen and oxygen atoms in total. The molecule has 0 aliphatic rings. The Balaban J connectivity index is 1.98. The number of carbonyl (C=O) groups excluding carboxylic acids is 2. The van der Waals surface area contributed by atoms with Crippen LogP contribution in [0.2, 0.25) is 0 Å². The third-order valence-corrected chi connectivity index (χ3v) is 2.79. The zero-order chi connectivity index (χ0) is 16.7. The Hall–Kier alpha value is -3.22. The summed E-state index contributed by atoms with van der Waals surface area (Å²) in [6.45, 7) is 5.60. The third kappa shape index (κ3) is 4.92. The number of anilines is 3. The summed E-state index contributed by atoms with van der Waals surface area (Å²) < 4.78 is 0. The van der Waals surface area contributed by atoms with Crippen molar-refractivity contribution < 1.29 is 9.59 Å². The van der Waals surface area contributed by atoms with E-state index in [0.717, 1.165) is 0 Å². The molecule has 1 aromatic heterocycles. The number of aromatic nitrogens is 2. The summed E-state index contributed by atoms with van der Waals surface area (Å²) in [7, 11) is 0. The molecule has 0 saturated heterocycles. The van der Waals surface area contributed by atoms with Gasteiger partial charge in [0.15, 0.2) is 5.69 Å². The number of hydrogen-bond donors (Lipinski definition) is 3. The highest BCUT2D eigenvalue weighted by atomic mass is 16.2. The van der Waals surface area contributed by atoms with Crippen LogP contribution in [-0.2, 0) is 4.79 Å².